The first kappa shape index (κ1) is 24.9. The summed E-state index contributed by atoms with van der Waals surface area (Å²) >= 11 is 12.2. The van der Waals surface area contributed by atoms with Crippen LogP contribution in [-0.2, 0) is 4.74 Å². The maximum absolute atomic E-state index is 13.8. The number of ether oxygens (including phenoxy) is 1. The van der Waals surface area contributed by atoms with E-state index in [0.717, 1.165) is 5.56 Å². The van der Waals surface area contributed by atoms with E-state index in [1.165, 1.54) is 0 Å². The number of amides is 1. The third-order valence-electron chi connectivity index (χ3n) is 5.93. The van der Waals surface area contributed by atoms with Crippen molar-refractivity contribution in [3.8, 4) is 5.69 Å². The highest BCUT2D eigenvalue weighted by molar-refractivity contribution is 6.31. The normalized spacial score (nSPS) is 12.0. The second kappa shape index (κ2) is 10.6. The monoisotopic (exact) mass is 509 g/mol. The molecule has 1 amide bonds. The average molecular weight is 510 g/mol. The van der Waals surface area contributed by atoms with Crippen LogP contribution in [0.3, 0.4) is 0 Å². The van der Waals surface area contributed by atoms with Crippen molar-refractivity contribution in [2.45, 2.75) is 19.9 Å². The van der Waals surface area contributed by atoms with E-state index in [9.17, 15) is 9.59 Å². The summed E-state index contributed by atoms with van der Waals surface area (Å²) in [6, 6.07) is 18.7. The molecule has 1 aromatic heterocycles. The van der Waals surface area contributed by atoms with E-state index in [-0.39, 0.29) is 11.5 Å². The first-order valence-corrected chi connectivity index (χ1v) is 11.9. The van der Waals surface area contributed by atoms with Gasteiger partial charge in [0.2, 0.25) is 0 Å². The molecule has 0 aliphatic carbocycles. The first-order chi connectivity index (χ1) is 16.8. The van der Waals surface area contributed by atoms with Crippen molar-refractivity contribution < 1.29 is 9.53 Å². The highest BCUT2D eigenvalue weighted by Gasteiger charge is 2.28. The van der Waals surface area contributed by atoms with Gasteiger partial charge in [0.1, 0.15) is 5.82 Å². The van der Waals surface area contributed by atoms with Gasteiger partial charge in [-0.1, -0.05) is 35.3 Å². The van der Waals surface area contributed by atoms with Crippen molar-refractivity contribution in [2.24, 2.45) is 0 Å². The Bertz CT molecular complexity index is 1430. The van der Waals surface area contributed by atoms with Gasteiger partial charge in [0.15, 0.2) is 0 Å². The lowest BCUT2D eigenvalue weighted by Crippen LogP contribution is -2.39. The number of para-hydroxylation sites is 1. The lowest BCUT2D eigenvalue weighted by Gasteiger charge is -2.31. The molecule has 3 aromatic carbocycles. The van der Waals surface area contributed by atoms with Gasteiger partial charge in [-0.05, 0) is 74.0 Å². The largest absolute Gasteiger partial charge is 0.383 e. The van der Waals surface area contributed by atoms with Gasteiger partial charge in [0.05, 0.1) is 29.2 Å². The molecule has 0 aliphatic rings. The van der Waals surface area contributed by atoms with Crippen molar-refractivity contribution in [3.63, 3.8) is 0 Å². The van der Waals surface area contributed by atoms with Crippen LogP contribution in [0.4, 0.5) is 0 Å². The molecule has 0 spiro atoms. The Hall–Kier alpha value is -3.19. The second-order valence-electron chi connectivity index (χ2n) is 8.23. The van der Waals surface area contributed by atoms with Crippen LogP contribution in [0, 0.1) is 6.92 Å². The molecule has 4 rings (SSSR count). The van der Waals surface area contributed by atoms with Gasteiger partial charge in [-0.3, -0.25) is 14.2 Å². The molecule has 0 saturated heterocycles. The van der Waals surface area contributed by atoms with Crippen molar-refractivity contribution in [1.29, 1.82) is 0 Å². The molecule has 0 fully saturated rings. The van der Waals surface area contributed by atoms with Crippen LogP contribution in [0.2, 0.25) is 10.0 Å². The number of halogens is 2. The molecule has 1 heterocycles. The Balaban J connectivity index is 1.92. The second-order valence-corrected chi connectivity index (χ2v) is 9.11. The van der Waals surface area contributed by atoms with E-state index in [1.54, 1.807) is 71.2 Å². The topological polar surface area (TPSA) is 64.4 Å². The fraction of sp³-hybridized carbons (Fsp3) is 0.222. The first-order valence-electron chi connectivity index (χ1n) is 11.2. The lowest BCUT2D eigenvalue weighted by atomic mass is 10.1. The summed E-state index contributed by atoms with van der Waals surface area (Å²) in [5, 5.41) is 1.61. The Kier molecular flexibility index (Phi) is 7.55. The summed E-state index contributed by atoms with van der Waals surface area (Å²) in [6.07, 6.45) is 0. The third-order valence-corrected chi connectivity index (χ3v) is 6.42. The number of carbonyl (C=O) groups excluding carboxylic acids is 1. The summed E-state index contributed by atoms with van der Waals surface area (Å²) in [4.78, 5) is 33.9. The minimum atomic E-state index is -0.555. The highest BCUT2D eigenvalue weighted by atomic mass is 35.5. The molecule has 180 valence electrons. The number of methoxy groups -OCH3 is 1. The van der Waals surface area contributed by atoms with Crippen molar-refractivity contribution in [1.82, 2.24) is 14.5 Å². The predicted octanol–water partition coefficient (Wildman–Crippen LogP) is 5.85. The maximum Gasteiger partial charge on any atom is 0.266 e. The summed E-state index contributed by atoms with van der Waals surface area (Å²) in [7, 11) is 1.58. The number of aromatic nitrogens is 2. The SMILES string of the molecule is COCCN(C(=O)c1ccc(Cl)cc1)C(C)c1nc2ccccc2c(=O)n1-c1ccc(Cl)cc1C. The van der Waals surface area contributed by atoms with Crippen molar-refractivity contribution in [2.75, 3.05) is 20.3 Å². The van der Waals surface area contributed by atoms with Gasteiger partial charge in [0, 0.05) is 29.3 Å². The smallest absolute Gasteiger partial charge is 0.266 e. The van der Waals surface area contributed by atoms with Crippen LogP contribution < -0.4 is 5.56 Å². The number of benzene rings is 3. The number of hydrogen-bond acceptors (Lipinski definition) is 4. The number of fused-ring (bicyclic) bond motifs is 1. The summed E-state index contributed by atoms with van der Waals surface area (Å²) in [5.74, 6) is 0.227. The average Bonchev–Trinajstić information content (AvgIpc) is 2.85. The minimum absolute atomic E-state index is 0.214. The molecule has 0 N–H and O–H groups in total. The number of hydrogen-bond donors (Lipinski definition) is 0. The van der Waals surface area contributed by atoms with Gasteiger partial charge in [-0.25, -0.2) is 4.98 Å². The zero-order valence-corrected chi connectivity index (χ0v) is 21.2. The third kappa shape index (κ3) is 5.10. The number of carbonyl (C=O) groups is 1. The number of nitrogens with zero attached hydrogens (tertiary/aromatic N) is 3. The van der Waals surface area contributed by atoms with E-state index >= 15 is 0 Å². The number of aryl methyl sites for hydroxylation is 1. The van der Waals surface area contributed by atoms with Crippen molar-refractivity contribution in [3.05, 3.63) is 104 Å². The molecule has 4 aromatic rings. The summed E-state index contributed by atoms with van der Waals surface area (Å²) in [6.45, 7) is 4.38. The van der Waals surface area contributed by atoms with E-state index in [0.29, 0.717) is 51.2 Å². The fourth-order valence-corrected chi connectivity index (χ4v) is 4.44. The predicted molar refractivity (Wildman–Crippen MR) is 140 cm³/mol. The summed E-state index contributed by atoms with van der Waals surface area (Å²) in [5.41, 5.74) is 2.30. The van der Waals surface area contributed by atoms with E-state index in [4.69, 9.17) is 32.9 Å². The Morgan fingerprint density at radius 3 is 2.43 bits per heavy atom. The molecular formula is C27H25Cl2N3O3. The van der Waals surface area contributed by atoms with Crippen LogP contribution in [0.15, 0.2) is 71.5 Å². The molecule has 35 heavy (non-hydrogen) atoms. The Labute approximate surface area is 213 Å². The molecule has 1 unspecified atom stereocenters. The van der Waals surface area contributed by atoms with Gasteiger partial charge in [0.25, 0.3) is 11.5 Å². The highest BCUT2D eigenvalue weighted by Crippen LogP contribution is 2.27. The molecule has 6 nitrogen and oxygen atoms in total. The molecule has 1 atom stereocenters. The zero-order valence-electron chi connectivity index (χ0n) is 19.7. The standard InChI is InChI=1S/C27H25Cl2N3O3/c1-17-16-21(29)12-13-24(17)32-25(30-23-7-5-4-6-22(23)27(32)34)18(2)31(14-15-35-3)26(33)19-8-10-20(28)11-9-19/h4-13,16,18H,14-15H2,1-3H3. The molecule has 8 heteroatoms. The lowest BCUT2D eigenvalue weighted by molar-refractivity contribution is 0.0605. The quantitative estimate of drug-likeness (QED) is 0.313. The van der Waals surface area contributed by atoms with Gasteiger partial charge in [-0.2, -0.15) is 0 Å². The maximum atomic E-state index is 13.8. The Morgan fingerprint density at radius 1 is 1.06 bits per heavy atom. The Morgan fingerprint density at radius 2 is 1.74 bits per heavy atom. The van der Waals surface area contributed by atoms with Crippen molar-refractivity contribution >= 4 is 40.0 Å². The van der Waals surface area contributed by atoms with Crippen LogP contribution in [0.1, 0.15) is 34.7 Å². The van der Waals surface area contributed by atoms with E-state index in [2.05, 4.69) is 0 Å². The zero-order chi connectivity index (χ0) is 25.1. The van der Waals surface area contributed by atoms with Crippen LogP contribution >= 0.6 is 23.2 Å². The fourth-order valence-electron chi connectivity index (χ4n) is 4.09. The van der Waals surface area contributed by atoms with Crippen LogP contribution in [0.25, 0.3) is 16.6 Å². The van der Waals surface area contributed by atoms with Gasteiger partial charge in [-0.15, -0.1) is 0 Å². The molecule has 0 aliphatic heterocycles. The van der Waals surface area contributed by atoms with Gasteiger partial charge < -0.3 is 9.64 Å². The summed E-state index contributed by atoms with van der Waals surface area (Å²) < 4.78 is 6.86. The molecule has 0 radical (unpaired) electrons. The molecule has 0 saturated carbocycles. The number of rotatable bonds is 7. The van der Waals surface area contributed by atoms with Crippen LogP contribution in [0.5, 0.6) is 0 Å². The van der Waals surface area contributed by atoms with E-state index < -0.39 is 6.04 Å². The minimum Gasteiger partial charge on any atom is -0.383 e. The molecular weight excluding hydrogens is 485 g/mol. The molecule has 0 bridgehead atoms. The van der Waals surface area contributed by atoms with Crippen LogP contribution in [-0.4, -0.2) is 40.6 Å². The van der Waals surface area contributed by atoms with Gasteiger partial charge >= 0.3 is 0 Å². The van der Waals surface area contributed by atoms with E-state index in [1.807, 2.05) is 26.0 Å².